The lowest BCUT2D eigenvalue weighted by atomic mass is 10.1. The van der Waals surface area contributed by atoms with E-state index in [4.69, 9.17) is 9.47 Å². The summed E-state index contributed by atoms with van der Waals surface area (Å²) in [6.07, 6.45) is 0.522. The Morgan fingerprint density at radius 1 is 1.27 bits per heavy atom. The van der Waals surface area contributed by atoms with Gasteiger partial charge >= 0.3 is 11.8 Å². The number of rotatable bonds is 5. The Bertz CT molecular complexity index is 662. The van der Waals surface area contributed by atoms with Gasteiger partial charge in [0.05, 0.1) is 18.6 Å². The highest BCUT2D eigenvalue weighted by molar-refractivity contribution is 5.68. The van der Waals surface area contributed by atoms with Crippen molar-refractivity contribution in [2.75, 3.05) is 44.8 Å². The molecule has 2 rings (SSSR count). The number of nitrogens with zero attached hydrogens (tertiary/aromatic N) is 3. The molecule has 1 amide bonds. The molecule has 1 aliphatic heterocycles. The zero-order chi connectivity index (χ0) is 19.3. The Morgan fingerprint density at radius 3 is 2.62 bits per heavy atom. The largest absolute Gasteiger partial charge is 0.490 e. The molecule has 26 heavy (non-hydrogen) atoms. The van der Waals surface area contributed by atoms with Crippen LogP contribution in [0.4, 0.5) is 16.2 Å². The maximum Gasteiger partial charge on any atom is 0.409 e. The summed E-state index contributed by atoms with van der Waals surface area (Å²) in [5.74, 6) is 0.547. The molecule has 0 N–H and O–H groups in total. The molecule has 1 aliphatic rings. The van der Waals surface area contributed by atoms with Crippen LogP contribution in [0.1, 0.15) is 25.8 Å². The first-order valence-electron chi connectivity index (χ1n) is 8.83. The summed E-state index contributed by atoms with van der Waals surface area (Å²) in [6.45, 7) is 8.85. The standard InChI is InChI=1S/C18H27N3O5/c1-13(2)12-26-18(22)20-7-5-6-19(8-9-20)15-11-17(25-4)16(21(23)24)10-14(15)3/h10-11,13H,5-9,12H2,1-4H3. The summed E-state index contributed by atoms with van der Waals surface area (Å²) in [6, 6.07) is 3.24. The molecule has 1 fully saturated rings. The third-order valence-corrected chi connectivity index (χ3v) is 4.33. The molecule has 0 aliphatic carbocycles. The topological polar surface area (TPSA) is 85.2 Å². The van der Waals surface area contributed by atoms with Gasteiger partial charge in [0.15, 0.2) is 5.75 Å². The minimum absolute atomic E-state index is 0.0394. The molecule has 1 saturated heterocycles. The number of hydrogen-bond acceptors (Lipinski definition) is 6. The summed E-state index contributed by atoms with van der Waals surface area (Å²) in [5.41, 5.74) is 1.67. The Hall–Kier alpha value is -2.51. The number of benzene rings is 1. The van der Waals surface area contributed by atoms with Crippen LogP contribution in [0.15, 0.2) is 12.1 Å². The maximum absolute atomic E-state index is 12.2. The van der Waals surface area contributed by atoms with Crippen LogP contribution in [0.5, 0.6) is 5.75 Å². The summed E-state index contributed by atoms with van der Waals surface area (Å²) in [5, 5.41) is 11.2. The van der Waals surface area contributed by atoms with Crippen LogP contribution in [0, 0.1) is 23.0 Å². The third-order valence-electron chi connectivity index (χ3n) is 4.33. The zero-order valence-corrected chi connectivity index (χ0v) is 15.9. The second kappa shape index (κ2) is 8.73. The molecular weight excluding hydrogens is 338 g/mol. The third kappa shape index (κ3) is 4.77. The van der Waals surface area contributed by atoms with Gasteiger partial charge in [-0.3, -0.25) is 10.1 Å². The fraction of sp³-hybridized carbons (Fsp3) is 0.611. The Kier molecular flexibility index (Phi) is 6.65. The SMILES string of the molecule is COc1cc(N2CCCN(C(=O)OCC(C)C)CC2)c(C)cc1[N+](=O)[O-]. The number of aryl methyl sites for hydroxylation is 1. The summed E-state index contributed by atoms with van der Waals surface area (Å²) < 4.78 is 10.5. The van der Waals surface area contributed by atoms with Crippen molar-refractivity contribution in [2.24, 2.45) is 5.92 Å². The van der Waals surface area contributed by atoms with Crippen molar-refractivity contribution in [3.8, 4) is 5.75 Å². The highest BCUT2D eigenvalue weighted by Gasteiger charge is 2.24. The molecule has 8 heteroatoms. The molecule has 0 unspecified atom stereocenters. The highest BCUT2D eigenvalue weighted by Crippen LogP contribution is 2.35. The van der Waals surface area contributed by atoms with E-state index < -0.39 is 4.92 Å². The number of ether oxygens (including phenoxy) is 2. The molecule has 1 aromatic carbocycles. The lowest BCUT2D eigenvalue weighted by Crippen LogP contribution is -2.36. The fourth-order valence-electron chi connectivity index (χ4n) is 2.98. The van der Waals surface area contributed by atoms with Crippen LogP contribution in [-0.2, 0) is 4.74 Å². The second-order valence-corrected chi connectivity index (χ2v) is 6.87. The number of anilines is 1. The Balaban J connectivity index is 2.11. The maximum atomic E-state index is 12.2. The molecule has 0 saturated carbocycles. The normalized spacial score (nSPS) is 15.0. The van der Waals surface area contributed by atoms with Crippen molar-refractivity contribution in [3.05, 3.63) is 27.8 Å². The number of amides is 1. The fourth-order valence-corrected chi connectivity index (χ4v) is 2.98. The summed E-state index contributed by atoms with van der Waals surface area (Å²) in [4.78, 5) is 26.8. The van der Waals surface area contributed by atoms with Gasteiger partial charge in [-0.1, -0.05) is 13.8 Å². The minimum atomic E-state index is -0.440. The molecular formula is C18H27N3O5. The summed E-state index contributed by atoms with van der Waals surface area (Å²) >= 11 is 0. The molecule has 144 valence electrons. The number of methoxy groups -OCH3 is 1. The van der Waals surface area contributed by atoms with Gasteiger partial charge in [-0.25, -0.2) is 4.79 Å². The first-order valence-corrected chi connectivity index (χ1v) is 8.83. The van der Waals surface area contributed by atoms with Crippen molar-refractivity contribution >= 4 is 17.5 Å². The minimum Gasteiger partial charge on any atom is -0.490 e. The molecule has 0 bridgehead atoms. The van der Waals surface area contributed by atoms with Crippen LogP contribution < -0.4 is 9.64 Å². The van der Waals surface area contributed by atoms with E-state index in [1.54, 1.807) is 11.0 Å². The van der Waals surface area contributed by atoms with E-state index in [1.807, 2.05) is 20.8 Å². The van der Waals surface area contributed by atoms with Gasteiger partial charge in [0.25, 0.3) is 0 Å². The van der Waals surface area contributed by atoms with E-state index in [9.17, 15) is 14.9 Å². The average Bonchev–Trinajstić information content (AvgIpc) is 2.85. The van der Waals surface area contributed by atoms with Gasteiger partial charge in [-0.05, 0) is 24.8 Å². The monoisotopic (exact) mass is 365 g/mol. The van der Waals surface area contributed by atoms with E-state index in [0.29, 0.717) is 32.2 Å². The molecule has 0 atom stereocenters. The van der Waals surface area contributed by atoms with Crippen molar-refractivity contribution in [1.29, 1.82) is 0 Å². The van der Waals surface area contributed by atoms with Gasteiger partial charge < -0.3 is 19.3 Å². The first kappa shape index (κ1) is 19.8. The zero-order valence-electron chi connectivity index (χ0n) is 15.9. The number of carbonyl (C=O) groups excluding carboxylic acids is 1. The van der Waals surface area contributed by atoms with Gasteiger partial charge in [-0.15, -0.1) is 0 Å². The molecule has 1 aromatic rings. The van der Waals surface area contributed by atoms with E-state index in [0.717, 1.165) is 24.2 Å². The quantitative estimate of drug-likeness (QED) is 0.588. The molecule has 0 spiro atoms. The smallest absolute Gasteiger partial charge is 0.409 e. The molecule has 1 heterocycles. The Labute approximate surface area is 153 Å². The Morgan fingerprint density at radius 2 is 2.00 bits per heavy atom. The van der Waals surface area contributed by atoms with Crippen molar-refractivity contribution < 1.29 is 19.2 Å². The van der Waals surface area contributed by atoms with Crippen LogP contribution in [0.25, 0.3) is 0 Å². The highest BCUT2D eigenvalue weighted by atomic mass is 16.6. The summed E-state index contributed by atoms with van der Waals surface area (Å²) in [7, 11) is 1.43. The predicted molar refractivity (Wildman–Crippen MR) is 99.0 cm³/mol. The molecule has 0 aromatic heterocycles. The number of nitro groups is 1. The van der Waals surface area contributed by atoms with Crippen LogP contribution in [0.3, 0.4) is 0 Å². The van der Waals surface area contributed by atoms with Gasteiger partial charge in [0, 0.05) is 44.0 Å². The van der Waals surface area contributed by atoms with Crippen molar-refractivity contribution in [2.45, 2.75) is 27.2 Å². The predicted octanol–water partition coefficient (Wildman–Crippen LogP) is 3.22. The lowest BCUT2D eigenvalue weighted by molar-refractivity contribution is -0.385. The van der Waals surface area contributed by atoms with E-state index in [-0.39, 0.29) is 17.5 Å². The van der Waals surface area contributed by atoms with E-state index in [2.05, 4.69) is 4.90 Å². The first-order chi connectivity index (χ1) is 12.3. The number of nitro benzene ring substituents is 1. The molecule has 8 nitrogen and oxygen atoms in total. The van der Waals surface area contributed by atoms with Crippen LogP contribution in [0.2, 0.25) is 0 Å². The van der Waals surface area contributed by atoms with Gasteiger partial charge in [0.1, 0.15) is 0 Å². The average molecular weight is 365 g/mol. The van der Waals surface area contributed by atoms with Crippen LogP contribution >= 0.6 is 0 Å². The lowest BCUT2D eigenvalue weighted by Gasteiger charge is -2.25. The number of hydrogen-bond donors (Lipinski definition) is 0. The van der Waals surface area contributed by atoms with Crippen LogP contribution in [-0.4, -0.2) is 55.8 Å². The van der Waals surface area contributed by atoms with Crippen molar-refractivity contribution in [1.82, 2.24) is 4.90 Å². The van der Waals surface area contributed by atoms with Gasteiger partial charge in [-0.2, -0.15) is 0 Å². The number of carbonyl (C=O) groups is 1. The molecule has 0 radical (unpaired) electrons. The van der Waals surface area contributed by atoms with E-state index in [1.165, 1.54) is 13.2 Å². The van der Waals surface area contributed by atoms with Crippen molar-refractivity contribution in [3.63, 3.8) is 0 Å². The second-order valence-electron chi connectivity index (χ2n) is 6.87. The van der Waals surface area contributed by atoms with E-state index >= 15 is 0 Å². The van der Waals surface area contributed by atoms with Gasteiger partial charge in [0.2, 0.25) is 0 Å².